The Hall–Kier alpha value is -0.440. The molecule has 1 aromatic heterocycles. The molecular weight excluding hydrogens is 274 g/mol. The summed E-state index contributed by atoms with van der Waals surface area (Å²) in [7, 11) is 0. The summed E-state index contributed by atoms with van der Waals surface area (Å²) in [6.07, 6.45) is 3.62. The van der Waals surface area contributed by atoms with Gasteiger partial charge in [-0.05, 0) is 25.0 Å². The summed E-state index contributed by atoms with van der Waals surface area (Å²) in [5.74, 6) is 1.18. The number of nitrogens with zero attached hydrogens (tertiary/aromatic N) is 2. The molecule has 1 fully saturated rings. The molecule has 1 heterocycles. The average Bonchev–Trinajstić information content (AvgIpc) is 2.87. The Morgan fingerprint density at radius 1 is 1.65 bits per heavy atom. The van der Waals surface area contributed by atoms with Gasteiger partial charge in [-0.1, -0.05) is 29.9 Å². The second-order valence-corrected chi connectivity index (χ2v) is 6.92. The Bertz CT molecular complexity index is 427. The van der Waals surface area contributed by atoms with E-state index in [4.69, 9.17) is 16.9 Å². The molecule has 92 valence electrons. The highest BCUT2D eigenvalue weighted by molar-refractivity contribution is 7.99. The van der Waals surface area contributed by atoms with E-state index < -0.39 is 0 Å². The van der Waals surface area contributed by atoms with Crippen LogP contribution in [0.2, 0.25) is 5.15 Å². The van der Waals surface area contributed by atoms with Crippen LogP contribution in [0, 0.1) is 11.3 Å². The summed E-state index contributed by atoms with van der Waals surface area (Å²) in [4.78, 5) is 4.65. The third-order valence-corrected chi connectivity index (χ3v) is 5.31. The highest BCUT2D eigenvalue weighted by Gasteiger charge is 2.25. The average molecular weight is 288 g/mol. The fraction of sp³-hybridized carbons (Fsp3) is 0.636. The largest absolute Gasteiger partial charge is 0.359 e. The molecule has 0 aromatic carbocycles. The van der Waals surface area contributed by atoms with Crippen molar-refractivity contribution in [2.45, 2.75) is 37.5 Å². The lowest BCUT2D eigenvalue weighted by Gasteiger charge is -2.11. The topological polar surface area (TPSA) is 48.7 Å². The van der Waals surface area contributed by atoms with Crippen LogP contribution in [0.4, 0.5) is 5.13 Å². The third-order valence-electron chi connectivity index (χ3n) is 2.80. The van der Waals surface area contributed by atoms with Crippen LogP contribution in [0.15, 0.2) is 0 Å². The van der Waals surface area contributed by atoms with E-state index in [-0.39, 0.29) is 0 Å². The van der Waals surface area contributed by atoms with Gasteiger partial charge in [0.15, 0.2) is 10.3 Å². The van der Waals surface area contributed by atoms with Crippen molar-refractivity contribution in [3.8, 4) is 6.07 Å². The second-order valence-electron chi connectivity index (χ2n) is 3.98. The van der Waals surface area contributed by atoms with Crippen LogP contribution in [-0.2, 0) is 0 Å². The van der Waals surface area contributed by atoms with Crippen LogP contribution < -0.4 is 5.32 Å². The molecule has 0 radical (unpaired) electrons. The summed E-state index contributed by atoms with van der Waals surface area (Å²) in [6, 6.07) is 2.53. The first-order chi connectivity index (χ1) is 8.22. The number of aromatic nitrogens is 1. The zero-order valence-electron chi connectivity index (χ0n) is 9.57. The SMILES string of the molecule is CCSC1CCC(Nc2nc(Cl)c(C#N)s2)C1. The van der Waals surface area contributed by atoms with Crippen molar-refractivity contribution in [2.75, 3.05) is 11.1 Å². The number of hydrogen-bond donors (Lipinski definition) is 1. The Morgan fingerprint density at radius 3 is 3.12 bits per heavy atom. The lowest BCUT2D eigenvalue weighted by atomic mass is 10.3. The summed E-state index contributed by atoms with van der Waals surface area (Å²) < 4.78 is 0. The number of nitriles is 1. The molecule has 1 saturated carbocycles. The maximum absolute atomic E-state index is 8.81. The van der Waals surface area contributed by atoms with Crippen molar-refractivity contribution in [1.29, 1.82) is 5.26 Å². The molecule has 1 N–H and O–H groups in total. The molecule has 0 saturated heterocycles. The summed E-state index contributed by atoms with van der Waals surface area (Å²) in [6.45, 7) is 2.20. The van der Waals surface area contributed by atoms with Crippen molar-refractivity contribution in [1.82, 2.24) is 4.98 Å². The second kappa shape index (κ2) is 5.94. The fourth-order valence-electron chi connectivity index (χ4n) is 2.07. The van der Waals surface area contributed by atoms with E-state index >= 15 is 0 Å². The van der Waals surface area contributed by atoms with Crippen LogP contribution in [0.3, 0.4) is 0 Å². The van der Waals surface area contributed by atoms with Gasteiger partial charge < -0.3 is 5.32 Å². The van der Waals surface area contributed by atoms with E-state index in [2.05, 4.69) is 17.2 Å². The minimum absolute atomic E-state index is 0.317. The molecule has 2 unspecified atom stereocenters. The van der Waals surface area contributed by atoms with Crippen LogP contribution in [0.1, 0.15) is 31.1 Å². The third kappa shape index (κ3) is 3.27. The maximum Gasteiger partial charge on any atom is 0.185 e. The van der Waals surface area contributed by atoms with Crippen LogP contribution >= 0.6 is 34.7 Å². The highest BCUT2D eigenvalue weighted by atomic mass is 35.5. The summed E-state index contributed by atoms with van der Waals surface area (Å²) >= 11 is 9.21. The van der Waals surface area contributed by atoms with Gasteiger partial charge in [0.25, 0.3) is 0 Å². The van der Waals surface area contributed by atoms with E-state index in [1.165, 1.54) is 36.4 Å². The standard InChI is InChI=1S/C11H14ClN3S2/c1-2-16-8-4-3-7(5-8)14-11-15-10(12)9(6-13)17-11/h7-8H,2-5H2,1H3,(H,14,15). The highest BCUT2D eigenvalue weighted by Crippen LogP contribution is 2.33. The Kier molecular flexibility index (Phi) is 4.55. The Labute approximate surface area is 115 Å². The number of thioether (sulfide) groups is 1. The number of hydrogen-bond acceptors (Lipinski definition) is 5. The van der Waals surface area contributed by atoms with E-state index in [0.717, 1.165) is 10.4 Å². The quantitative estimate of drug-likeness (QED) is 0.916. The minimum Gasteiger partial charge on any atom is -0.359 e. The molecule has 6 heteroatoms. The van der Waals surface area contributed by atoms with Gasteiger partial charge in [0, 0.05) is 11.3 Å². The molecule has 1 aromatic rings. The van der Waals surface area contributed by atoms with E-state index in [0.29, 0.717) is 16.1 Å². The zero-order chi connectivity index (χ0) is 12.3. The fourth-order valence-corrected chi connectivity index (χ4v) is 4.23. The van der Waals surface area contributed by atoms with Crippen molar-refractivity contribution in [3.63, 3.8) is 0 Å². The van der Waals surface area contributed by atoms with Crippen molar-refractivity contribution in [2.24, 2.45) is 0 Å². The van der Waals surface area contributed by atoms with E-state index in [1.807, 2.05) is 17.8 Å². The molecule has 2 rings (SSSR count). The number of rotatable bonds is 4. The summed E-state index contributed by atoms with van der Waals surface area (Å²) in [5.41, 5.74) is 0. The van der Waals surface area contributed by atoms with Crippen LogP contribution in [-0.4, -0.2) is 22.0 Å². The van der Waals surface area contributed by atoms with E-state index in [9.17, 15) is 0 Å². The lowest BCUT2D eigenvalue weighted by Crippen LogP contribution is -2.15. The van der Waals surface area contributed by atoms with Gasteiger partial charge in [-0.15, -0.1) is 0 Å². The van der Waals surface area contributed by atoms with Gasteiger partial charge in [-0.2, -0.15) is 17.0 Å². The molecular formula is C11H14ClN3S2. The van der Waals surface area contributed by atoms with Crippen molar-refractivity contribution < 1.29 is 0 Å². The minimum atomic E-state index is 0.317. The van der Waals surface area contributed by atoms with Crippen molar-refractivity contribution >= 4 is 39.8 Å². The molecule has 0 amide bonds. The summed E-state index contributed by atoms with van der Waals surface area (Å²) in [5, 5.41) is 14.1. The molecule has 0 bridgehead atoms. The van der Waals surface area contributed by atoms with Gasteiger partial charge in [0.1, 0.15) is 10.9 Å². The molecule has 17 heavy (non-hydrogen) atoms. The van der Waals surface area contributed by atoms with Crippen LogP contribution in [0.25, 0.3) is 0 Å². The molecule has 3 nitrogen and oxygen atoms in total. The predicted molar refractivity (Wildman–Crippen MR) is 75.0 cm³/mol. The Morgan fingerprint density at radius 2 is 2.47 bits per heavy atom. The van der Waals surface area contributed by atoms with Gasteiger partial charge >= 0.3 is 0 Å². The van der Waals surface area contributed by atoms with Gasteiger partial charge in [-0.3, -0.25) is 0 Å². The number of nitrogens with one attached hydrogen (secondary N) is 1. The Balaban J connectivity index is 1.91. The smallest absolute Gasteiger partial charge is 0.185 e. The van der Waals surface area contributed by atoms with E-state index in [1.54, 1.807) is 0 Å². The predicted octanol–water partition coefficient (Wildman–Crippen LogP) is 3.75. The number of halogens is 1. The molecule has 2 atom stereocenters. The molecule has 1 aliphatic rings. The first kappa shape index (κ1) is 13.0. The van der Waals surface area contributed by atoms with Gasteiger partial charge in [0.2, 0.25) is 0 Å². The maximum atomic E-state index is 8.81. The molecule has 0 spiro atoms. The first-order valence-electron chi connectivity index (χ1n) is 5.67. The monoisotopic (exact) mass is 287 g/mol. The van der Waals surface area contributed by atoms with Crippen LogP contribution in [0.5, 0.6) is 0 Å². The molecule has 0 aliphatic heterocycles. The first-order valence-corrected chi connectivity index (χ1v) is 7.91. The lowest BCUT2D eigenvalue weighted by molar-refractivity contribution is 0.756. The van der Waals surface area contributed by atoms with Gasteiger partial charge in [-0.25, -0.2) is 4.98 Å². The zero-order valence-corrected chi connectivity index (χ0v) is 12.0. The normalized spacial score (nSPS) is 23.6. The van der Waals surface area contributed by atoms with Crippen molar-refractivity contribution in [3.05, 3.63) is 10.0 Å². The number of thiazole rings is 1. The molecule has 1 aliphatic carbocycles. The number of anilines is 1. The van der Waals surface area contributed by atoms with Gasteiger partial charge in [0.05, 0.1) is 0 Å².